The van der Waals surface area contributed by atoms with Gasteiger partial charge in [-0.15, -0.1) is 0 Å². The van der Waals surface area contributed by atoms with Crippen molar-refractivity contribution in [3.63, 3.8) is 0 Å². The van der Waals surface area contributed by atoms with Crippen molar-refractivity contribution in [1.82, 2.24) is 9.47 Å². The van der Waals surface area contributed by atoms with E-state index in [4.69, 9.17) is 9.88 Å². The smallest absolute Gasteiger partial charge is 0.406 e. The zero-order valence-electron chi connectivity index (χ0n) is 26.5. The Hall–Kier alpha value is -3.45. The number of nitrogens with two attached hydrogens (primary N) is 1. The molecule has 1 saturated carbocycles. The lowest BCUT2D eigenvalue weighted by atomic mass is 9.75. The number of rotatable bonds is 10. The van der Waals surface area contributed by atoms with Crippen LogP contribution in [0.2, 0.25) is 0 Å². The van der Waals surface area contributed by atoms with Crippen molar-refractivity contribution in [1.29, 1.82) is 0 Å². The highest BCUT2D eigenvalue weighted by Crippen LogP contribution is 2.41. The molecule has 10 nitrogen and oxygen atoms in total. The van der Waals surface area contributed by atoms with Crippen LogP contribution in [0.15, 0.2) is 47.4 Å². The first-order chi connectivity index (χ1) is 22.0. The minimum absolute atomic E-state index is 0.0353. The summed E-state index contributed by atoms with van der Waals surface area (Å²) < 4.78 is 94.8. The highest BCUT2D eigenvalue weighted by atomic mass is 32.2. The minimum Gasteiger partial charge on any atom is -0.495 e. The van der Waals surface area contributed by atoms with Crippen molar-refractivity contribution < 1.29 is 34.7 Å². The Balaban J connectivity index is 1.32. The predicted octanol–water partition coefficient (Wildman–Crippen LogP) is 4.56. The number of methoxy groups -OCH3 is 1. The zero-order chi connectivity index (χ0) is 34.2. The molecule has 0 atom stereocenters. The molecule has 0 unspecified atom stereocenters. The molecule has 1 saturated heterocycles. The van der Waals surface area contributed by atoms with Crippen LogP contribution in [0.3, 0.4) is 0 Å². The number of fused-ring (bicyclic) bond motifs is 1. The SMILES string of the molecule is CCC1(N2CC(S(C)(=O)=O)C2)CCC(Nc2cccc3c2cc(C#CCNc2ccc(S(N)(=O)=O)cc2OC)n3CC(F)(F)F)CC1. The van der Waals surface area contributed by atoms with Gasteiger partial charge in [0, 0.05) is 48.1 Å². The second kappa shape index (κ2) is 13.2. The van der Waals surface area contributed by atoms with E-state index in [1.165, 1.54) is 36.1 Å². The molecule has 1 aromatic heterocycles. The zero-order valence-corrected chi connectivity index (χ0v) is 28.2. The molecular formula is C32H40F3N5O5S2. The van der Waals surface area contributed by atoms with E-state index in [2.05, 4.69) is 34.3 Å². The van der Waals surface area contributed by atoms with Gasteiger partial charge in [-0.2, -0.15) is 13.2 Å². The molecule has 1 aliphatic carbocycles. The van der Waals surface area contributed by atoms with Gasteiger partial charge < -0.3 is 19.9 Å². The fourth-order valence-corrected chi connectivity index (χ4v) is 8.07. The Bertz CT molecular complexity index is 1900. The second-order valence-electron chi connectivity index (χ2n) is 12.4. The fraction of sp³-hybridized carbons (Fsp3) is 0.500. The molecule has 15 heteroatoms. The molecule has 2 aromatic carbocycles. The third-order valence-electron chi connectivity index (χ3n) is 9.43. The predicted molar refractivity (Wildman–Crippen MR) is 177 cm³/mol. The standard InChI is InChI=1S/C32H40F3N5O5S2/c1-4-31(39-19-25(20-39)46(3,41)42)14-12-22(13-15-31)38-27-8-5-9-29-26(27)17-23(40(29)21-32(33,34)35)7-6-16-37-28-11-10-24(47(36,43)44)18-30(28)45-2/h5,8-11,17-18,22,25,37-38H,4,12-16,19-21H2,1-3H3,(H2,36,43,44). The number of benzene rings is 2. The van der Waals surface area contributed by atoms with Crippen LogP contribution in [-0.2, 0) is 26.4 Å². The summed E-state index contributed by atoms with van der Waals surface area (Å²) in [5.74, 6) is 5.97. The lowest BCUT2D eigenvalue weighted by molar-refractivity contribution is -0.140. The maximum absolute atomic E-state index is 13.7. The number of halogens is 3. The summed E-state index contributed by atoms with van der Waals surface area (Å²) in [5.41, 5.74) is 1.76. The number of anilines is 2. The first-order valence-electron chi connectivity index (χ1n) is 15.4. The molecule has 2 heterocycles. The minimum atomic E-state index is -4.47. The van der Waals surface area contributed by atoms with E-state index in [1.807, 2.05) is 6.07 Å². The molecule has 0 amide bonds. The second-order valence-corrected chi connectivity index (χ2v) is 16.3. The van der Waals surface area contributed by atoms with Crippen LogP contribution in [0.4, 0.5) is 24.5 Å². The normalized spacial score (nSPS) is 21.1. The van der Waals surface area contributed by atoms with Crippen molar-refractivity contribution in [2.24, 2.45) is 5.14 Å². The summed E-state index contributed by atoms with van der Waals surface area (Å²) in [6.07, 6.45) is 1.27. The summed E-state index contributed by atoms with van der Waals surface area (Å²) in [6, 6.07) is 11.1. The average Bonchev–Trinajstić information content (AvgIpc) is 3.30. The maximum Gasteiger partial charge on any atom is 0.406 e. The fourth-order valence-electron chi connectivity index (χ4n) is 6.64. The van der Waals surface area contributed by atoms with Crippen LogP contribution < -0.4 is 20.5 Å². The Labute approximate surface area is 273 Å². The Morgan fingerprint density at radius 2 is 1.77 bits per heavy atom. The molecule has 4 N–H and O–H groups in total. The van der Waals surface area contributed by atoms with Crippen LogP contribution in [0.25, 0.3) is 10.9 Å². The summed E-state index contributed by atoms with van der Waals surface area (Å²) in [4.78, 5) is 2.19. The molecule has 256 valence electrons. The van der Waals surface area contributed by atoms with Crippen LogP contribution in [-0.4, -0.2) is 82.3 Å². The van der Waals surface area contributed by atoms with Gasteiger partial charge in [0.05, 0.1) is 40.7 Å². The number of nitrogens with one attached hydrogen (secondary N) is 2. The van der Waals surface area contributed by atoms with Crippen LogP contribution >= 0.6 is 0 Å². The quantitative estimate of drug-likeness (QED) is 0.263. The van der Waals surface area contributed by atoms with Crippen LogP contribution in [0.5, 0.6) is 5.75 Å². The monoisotopic (exact) mass is 695 g/mol. The maximum atomic E-state index is 13.7. The molecule has 0 bridgehead atoms. The number of primary sulfonamides is 1. The Kier molecular flexibility index (Phi) is 9.81. The van der Waals surface area contributed by atoms with Crippen LogP contribution in [0.1, 0.15) is 44.7 Å². The van der Waals surface area contributed by atoms with Crippen molar-refractivity contribution >= 4 is 42.1 Å². The van der Waals surface area contributed by atoms with Gasteiger partial charge in [0.2, 0.25) is 10.0 Å². The van der Waals surface area contributed by atoms with E-state index >= 15 is 0 Å². The number of nitrogens with zero attached hydrogens (tertiary/aromatic N) is 2. The number of sulfone groups is 1. The van der Waals surface area contributed by atoms with E-state index in [0.29, 0.717) is 29.7 Å². The van der Waals surface area contributed by atoms with Gasteiger partial charge in [-0.05, 0) is 68.4 Å². The Morgan fingerprint density at radius 3 is 2.36 bits per heavy atom. The van der Waals surface area contributed by atoms with Crippen molar-refractivity contribution in [3.8, 4) is 17.6 Å². The molecule has 0 radical (unpaired) electrons. The first-order valence-corrected chi connectivity index (χ1v) is 18.9. The van der Waals surface area contributed by atoms with Gasteiger partial charge >= 0.3 is 6.18 Å². The topological polar surface area (TPSA) is 136 Å². The van der Waals surface area contributed by atoms with E-state index in [0.717, 1.165) is 37.8 Å². The molecule has 0 spiro atoms. The van der Waals surface area contributed by atoms with Crippen molar-refractivity contribution in [2.45, 2.75) is 73.5 Å². The number of alkyl halides is 3. The number of likely N-dealkylation sites (tertiary alicyclic amines) is 1. The summed E-state index contributed by atoms with van der Waals surface area (Å²) in [6.45, 7) is 2.12. The summed E-state index contributed by atoms with van der Waals surface area (Å²) >= 11 is 0. The van der Waals surface area contributed by atoms with Gasteiger partial charge in [0.1, 0.15) is 12.3 Å². The van der Waals surface area contributed by atoms with Crippen molar-refractivity contribution in [3.05, 3.63) is 48.2 Å². The molecular weight excluding hydrogens is 656 g/mol. The molecule has 2 aliphatic rings. The average molecular weight is 696 g/mol. The van der Waals surface area contributed by atoms with Crippen molar-refractivity contribution in [2.75, 3.05) is 43.6 Å². The lowest BCUT2D eigenvalue weighted by Gasteiger charge is -2.54. The van der Waals surface area contributed by atoms with Gasteiger partial charge in [-0.3, -0.25) is 4.90 Å². The highest BCUT2D eigenvalue weighted by Gasteiger charge is 2.47. The highest BCUT2D eigenvalue weighted by molar-refractivity contribution is 7.91. The van der Waals surface area contributed by atoms with Gasteiger partial charge in [-0.1, -0.05) is 18.9 Å². The van der Waals surface area contributed by atoms with Gasteiger partial charge in [0.15, 0.2) is 9.84 Å². The van der Waals surface area contributed by atoms with E-state index in [-0.39, 0.29) is 39.7 Å². The van der Waals surface area contributed by atoms with Gasteiger partial charge in [-0.25, -0.2) is 22.0 Å². The molecule has 47 heavy (non-hydrogen) atoms. The van der Waals surface area contributed by atoms with Gasteiger partial charge in [0.25, 0.3) is 0 Å². The summed E-state index contributed by atoms with van der Waals surface area (Å²) in [7, 11) is -5.61. The lowest BCUT2D eigenvalue weighted by Crippen LogP contribution is -2.65. The Morgan fingerprint density at radius 1 is 1.06 bits per heavy atom. The molecule has 2 fully saturated rings. The number of ether oxygens (including phenoxy) is 1. The number of hydrogen-bond donors (Lipinski definition) is 3. The van der Waals surface area contributed by atoms with E-state index in [1.54, 1.807) is 18.2 Å². The third-order valence-corrected chi connectivity index (χ3v) is 11.8. The molecule has 1 aliphatic heterocycles. The third kappa shape index (κ3) is 7.83. The largest absolute Gasteiger partial charge is 0.495 e. The first kappa shape index (κ1) is 34.9. The number of sulfonamides is 1. The summed E-state index contributed by atoms with van der Waals surface area (Å²) in [5, 5.41) is 12.1. The number of aromatic nitrogens is 1. The van der Waals surface area contributed by atoms with E-state index in [9.17, 15) is 30.0 Å². The molecule has 3 aromatic rings. The van der Waals surface area contributed by atoms with E-state index < -0.39 is 32.6 Å². The molecule has 5 rings (SSSR count). The van der Waals surface area contributed by atoms with Crippen LogP contribution in [0, 0.1) is 11.8 Å². The number of hydrogen-bond acceptors (Lipinski definition) is 8.